The minimum atomic E-state index is -0.711. The van der Waals surface area contributed by atoms with Crippen LogP contribution in [0.15, 0.2) is 0 Å². The van der Waals surface area contributed by atoms with Gasteiger partial charge in [-0.15, -0.1) is 0 Å². The van der Waals surface area contributed by atoms with Gasteiger partial charge in [-0.3, -0.25) is 14.4 Å². The van der Waals surface area contributed by atoms with Crippen LogP contribution in [-0.4, -0.2) is 35.2 Å². The molecule has 1 N–H and O–H groups in total. The lowest BCUT2D eigenvalue weighted by Gasteiger charge is -2.19. The molecule has 0 rings (SSSR count). The van der Waals surface area contributed by atoms with Gasteiger partial charge in [-0.2, -0.15) is 0 Å². The van der Waals surface area contributed by atoms with Crippen molar-refractivity contribution in [3.8, 4) is 0 Å². The summed E-state index contributed by atoms with van der Waals surface area (Å²) in [5.41, 5.74) is 0. The smallest absolute Gasteiger partial charge is 0.306 e. The van der Waals surface area contributed by atoms with Gasteiger partial charge in [0, 0.05) is 19.3 Å². The average Bonchev–Trinajstić information content (AvgIpc) is 3.20. The van der Waals surface area contributed by atoms with E-state index in [9.17, 15) is 14.4 Å². The second kappa shape index (κ2) is 46.5. The first kappa shape index (κ1) is 56.4. The molecule has 6 nitrogen and oxygen atoms in total. The molecule has 0 saturated carbocycles. The van der Waals surface area contributed by atoms with E-state index in [1.54, 1.807) is 0 Å². The molecule has 58 heavy (non-hydrogen) atoms. The summed E-state index contributed by atoms with van der Waals surface area (Å²) in [6.07, 6.45) is 50.1. The summed E-state index contributed by atoms with van der Waals surface area (Å²) in [7, 11) is 0. The predicted molar refractivity (Wildman–Crippen MR) is 248 cm³/mol. The van der Waals surface area contributed by atoms with E-state index in [-0.39, 0.29) is 30.6 Å². The van der Waals surface area contributed by atoms with Gasteiger partial charge in [0.05, 0.1) is 0 Å². The fourth-order valence-electron chi connectivity index (χ4n) is 8.31. The Morgan fingerprint density at radius 1 is 0.310 bits per heavy atom. The molecular weight excluding hydrogens is 721 g/mol. The number of esters is 2. The number of carbonyl (C=O) groups excluding carboxylic acids is 2. The fraction of sp³-hybridized carbons (Fsp3) is 0.942. The molecule has 0 spiro atoms. The van der Waals surface area contributed by atoms with Crippen LogP contribution in [0.2, 0.25) is 0 Å². The lowest BCUT2D eigenvalue weighted by molar-refractivity contribution is -0.151. The van der Waals surface area contributed by atoms with Gasteiger partial charge in [0.1, 0.15) is 12.2 Å². The summed E-state index contributed by atoms with van der Waals surface area (Å²) in [5, 5.41) is 8.86. The zero-order chi connectivity index (χ0) is 42.4. The molecule has 344 valence electrons. The van der Waals surface area contributed by atoms with Gasteiger partial charge in [0.15, 0.2) is 0 Å². The lowest BCUT2D eigenvalue weighted by Crippen LogP contribution is -2.18. The predicted octanol–water partition coefficient (Wildman–Crippen LogP) is 17.1. The van der Waals surface area contributed by atoms with Crippen molar-refractivity contribution in [2.24, 2.45) is 0 Å². The Balaban J connectivity index is 4.43. The van der Waals surface area contributed by atoms with Gasteiger partial charge in [0.2, 0.25) is 0 Å². The van der Waals surface area contributed by atoms with Crippen LogP contribution in [0.3, 0.4) is 0 Å². The Morgan fingerprint density at radius 2 is 0.517 bits per heavy atom. The average molecular weight is 821 g/mol. The second-order valence-electron chi connectivity index (χ2n) is 18.0. The van der Waals surface area contributed by atoms with Crippen LogP contribution in [-0.2, 0) is 23.9 Å². The molecule has 2 unspecified atom stereocenters. The van der Waals surface area contributed by atoms with E-state index >= 15 is 0 Å². The van der Waals surface area contributed by atoms with Crippen LogP contribution in [0.5, 0.6) is 0 Å². The number of hydrogen-bond acceptors (Lipinski definition) is 5. The van der Waals surface area contributed by atoms with Crippen molar-refractivity contribution in [1.29, 1.82) is 0 Å². The van der Waals surface area contributed by atoms with Gasteiger partial charge in [-0.05, 0) is 70.6 Å². The van der Waals surface area contributed by atoms with Crippen LogP contribution in [0.4, 0.5) is 0 Å². The Morgan fingerprint density at radius 3 is 0.759 bits per heavy atom. The van der Waals surface area contributed by atoms with Crippen molar-refractivity contribution < 1.29 is 29.0 Å². The van der Waals surface area contributed by atoms with Crippen LogP contribution >= 0.6 is 0 Å². The Labute approximate surface area is 361 Å². The van der Waals surface area contributed by atoms with E-state index in [2.05, 4.69) is 20.8 Å². The van der Waals surface area contributed by atoms with Crippen molar-refractivity contribution in [2.75, 3.05) is 0 Å². The minimum absolute atomic E-state index is 0.00977. The zero-order valence-electron chi connectivity index (χ0n) is 39.3. The maximum atomic E-state index is 12.9. The molecule has 2 atom stereocenters. The third-order valence-electron chi connectivity index (χ3n) is 12.2. The van der Waals surface area contributed by atoms with E-state index in [0.717, 1.165) is 116 Å². The molecule has 0 aliphatic heterocycles. The minimum Gasteiger partial charge on any atom is -0.481 e. The molecule has 0 aromatic carbocycles. The second-order valence-corrected chi connectivity index (χ2v) is 18.0. The summed E-state index contributed by atoms with van der Waals surface area (Å²) >= 11 is 0. The molecule has 0 aliphatic carbocycles. The number of ether oxygens (including phenoxy) is 2. The van der Waals surface area contributed by atoms with Crippen molar-refractivity contribution in [3.05, 3.63) is 0 Å². The van der Waals surface area contributed by atoms with E-state index in [1.807, 2.05) is 0 Å². The highest BCUT2D eigenvalue weighted by molar-refractivity contribution is 5.69. The van der Waals surface area contributed by atoms with E-state index in [1.165, 1.54) is 148 Å². The topological polar surface area (TPSA) is 89.9 Å². The summed E-state index contributed by atoms with van der Waals surface area (Å²) in [4.78, 5) is 36.5. The summed E-state index contributed by atoms with van der Waals surface area (Å²) in [6.45, 7) is 6.80. The van der Waals surface area contributed by atoms with Gasteiger partial charge in [-0.1, -0.05) is 213 Å². The molecule has 6 heteroatoms. The van der Waals surface area contributed by atoms with Gasteiger partial charge >= 0.3 is 17.9 Å². The molecular formula is C52H100O6. The van der Waals surface area contributed by atoms with Crippen molar-refractivity contribution in [3.63, 3.8) is 0 Å². The number of unbranched alkanes of at least 4 members (excludes halogenated alkanes) is 32. The maximum Gasteiger partial charge on any atom is 0.306 e. The highest BCUT2D eigenvalue weighted by Crippen LogP contribution is 2.21. The summed E-state index contributed by atoms with van der Waals surface area (Å²) < 4.78 is 12.1. The molecule has 0 amide bonds. The third-order valence-corrected chi connectivity index (χ3v) is 12.2. The van der Waals surface area contributed by atoms with Crippen molar-refractivity contribution in [1.82, 2.24) is 0 Å². The van der Waals surface area contributed by atoms with Gasteiger partial charge in [0.25, 0.3) is 0 Å². The first-order chi connectivity index (χ1) is 28.4. The number of carboxylic acid groups (broad SMARTS) is 1. The van der Waals surface area contributed by atoms with Gasteiger partial charge < -0.3 is 14.6 Å². The van der Waals surface area contributed by atoms with Crippen LogP contribution in [0, 0.1) is 0 Å². The van der Waals surface area contributed by atoms with E-state index in [0.29, 0.717) is 12.8 Å². The standard InChI is InChI=1S/C52H100O6/c1-4-7-10-13-16-17-18-19-20-21-24-32-39-46-51(55)57-49(42-35-28-23-15-12-9-6-3)44-37-30-26-33-40-47-52(56)58-48(41-34-27-22-14-11-8-5-2)43-36-29-25-31-38-45-50(53)54/h48-49H,4-47H2,1-3H3,(H,53,54). The first-order valence-corrected chi connectivity index (χ1v) is 26.0. The number of rotatable bonds is 48. The van der Waals surface area contributed by atoms with Crippen molar-refractivity contribution in [2.45, 2.75) is 315 Å². The molecule has 0 bridgehead atoms. The number of carboxylic acids is 1. The van der Waals surface area contributed by atoms with Crippen LogP contribution in [0.25, 0.3) is 0 Å². The highest BCUT2D eigenvalue weighted by Gasteiger charge is 2.16. The van der Waals surface area contributed by atoms with E-state index in [4.69, 9.17) is 14.6 Å². The molecule has 0 aromatic rings. The quantitative estimate of drug-likeness (QED) is 0.0486. The van der Waals surface area contributed by atoms with Crippen molar-refractivity contribution >= 4 is 17.9 Å². The summed E-state index contributed by atoms with van der Waals surface area (Å²) in [5.74, 6) is -0.743. The Kier molecular flexibility index (Phi) is 45.2. The first-order valence-electron chi connectivity index (χ1n) is 26.0. The SMILES string of the molecule is CCCCCCCCCCCCCCCC(=O)OC(CCCCCCCCC)CCCCCCCC(=O)OC(CCCCCCCCC)CCCCCCCC(=O)O. The largest absolute Gasteiger partial charge is 0.481 e. The monoisotopic (exact) mass is 821 g/mol. The molecule has 0 fully saturated rings. The molecule has 0 aromatic heterocycles. The van der Waals surface area contributed by atoms with E-state index < -0.39 is 5.97 Å². The Bertz CT molecular complexity index is 874. The highest BCUT2D eigenvalue weighted by atomic mass is 16.5. The van der Waals surface area contributed by atoms with Gasteiger partial charge in [-0.25, -0.2) is 0 Å². The number of aliphatic carboxylic acids is 1. The normalized spacial score (nSPS) is 12.5. The Hall–Kier alpha value is -1.59. The molecule has 0 aliphatic rings. The summed E-state index contributed by atoms with van der Waals surface area (Å²) in [6, 6.07) is 0. The zero-order valence-corrected chi connectivity index (χ0v) is 39.3. The lowest BCUT2D eigenvalue weighted by atomic mass is 10.0. The third kappa shape index (κ3) is 44.0. The number of carbonyl (C=O) groups is 3. The van der Waals surface area contributed by atoms with Crippen LogP contribution in [0.1, 0.15) is 303 Å². The molecule has 0 saturated heterocycles. The fourth-order valence-corrected chi connectivity index (χ4v) is 8.31. The van der Waals surface area contributed by atoms with Crippen LogP contribution < -0.4 is 0 Å². The molecule has 0 radical (unpaired) electrons. The number of hydrogen-bond donors (Lipinski definition) is 1. The molecule has 0 heterocycles. The maximum absolute atomic E-state index is 12.9.